The Kier molecular flexibility index (Phi) is 4.78. The highest BCUT2D eigenvalue weighted by Crippen LogP contribution is 2.36. The smallest absolute Gasteiger partial charge is 0.159 e. The molecule has 0 spiro atoms. The van der Waals surface area contributed by atoms with Crippen LogP contribution in [0.5, 0.6) is 5.75 Å². The Morgan fingerprint density at radius 2 is 1.83 bits per heavy atom. The number of phenolic OH excluding ortho intramolecular Hbond substituents is 1. The molecule has 3 aromatic carbocycles. The Morgan fingerprint density at radius 1 is 1.00 bits per heavy atom. The van der Waals surface area contributed by atoms with Crippen molar-refractivity contribution in [2.75, 3.05) is 5.43 Å². The lowest BCUT2D eigenvalue weighted by Gasteiger charge is -2.06. The number of aromatic nitrogens is 2. The molecule has 0 radical (unpaired) electrons. The van der Waals surface area contributed by atoms with Crippen LogP contribution in [0.1, 0.15) is 5.56 Å². The average molecular weight is 431 g/mol. The molecule has 0 atom stereocenters. The Morgan fingerprint density at radius 3 is 2.70 bits per heavy atom. The molecule has 30 heavy (non-hydrogen) atoms. The summed E-state index contributed by atoms with van der Waals surface area (Å²) in [6.45, 7) is 0. The minimum Gasteiger partial charge on any atom is -0.507 e. The van der Waals surface area contributed by atoms with E-state index in [1.54, 1.807) is 23.6 Å². The number of nitrogens with zero attached hydrogens (tertiary/aromatic N) is 3. The summed E-state index contributed by atoms with van der Waals surface area (Å²) in [6, 6.07) is 19.1. The first-order chi connectivity index (χ1) is 14.7. The van der Waals surface area contributed by atoms with E-state index in [0.29, 0.717) is 16.4 Å². The standard InChI is InChI=1S/C23H15ClN4OS/c24-16-8-5-15(6-9-16)19-12-30-23-21(19)22(25-13-26-23)28-27-11-18-17-4-2-1-3-14(17)7-10-20(18)29/h1-13,29H,(H,25,26,28)/b27-11+. The van der Waals surface area contributed by atoms with Gasteiger partial charge in [-0.1, -0.05) is 54.1 Å². The van der Waals surface area contributed by atoms with Crippen molar-refractivity contribution in [2.24, 2.45) is 5.10 Å². The molecule has 7 heteroatoms. The molecule has 0 aliphatic carbocycles. The van der Waals surface area contributed by atoms with Crippen LogP contribution in [0.15, 0.2) is 77.5 Å². The summed E-state index contributed by atoms with van der Waals surface area (Å²) >= 11 is 7.57. The zero-order valence-electron chi connectivity index (χ0n) is 15.6. The summed E-state index contributed by atoms with van der Waals surface area (Å²) in [5, 5.41) is 20.3. The summed E-state index contributed by atoms with van der Waals surface area (Å²) in [7, 11) is 0. The third-order valence-corrected chi connectivity index (χ3v) is 5.98. The molecule has 0 saturated carbocycles. The number of hydrogen-bond donors (Lipinski definition) is 2. The number of hydrogen-bond acceptors (Lipinski definition) is 6. The normalized spacial score (nSPS) is 11.5. The summed E-state index contributed by atoms with van der Waals surface area (Å²) in [4.78, 5) is 9.62. The van der Waals surface area contributed by atoms with Gasteiger partial charge in [-0.05, 0) is 34.5 Å². The van der Waals surface area contributed by atoms with E-state index in [4.69, 9.17) is 11.6 Å². The quantitative estimate of drug-likeness (QED) is 0.258. The van der Waals surface area contributed by atoms with Crippen molar-refractivity contribution in [3.8, 4) is 16.9 Å². The van der Waals surface area contributed by atoms with Gasteiger partial charge in [0, 0.05) is 21.5 Å². The van der Waals surface area contributed by atoms with Crippen molar-refractivity contribution < 1.29 is 5.11 Å². The molecule has 2 aromatic heterocycles. The molecule has 146 valence electrons. The Balaban J connectivity index is 1.53. The first kappa shape index (κ1) is 18.5. The van der Waals surface area contributed by atoms with Crippen molar-refractivity contribution in [3.63, 3.8) is 0 Å². The predicted octanol–water partition coefficient (Wildman–Crippen LogP) is 6.32. The predicted molar refractivity (Wildman–Crippen MR) is 125 cm³/mol. The third kappa shape index (κ3) is 3.36. The van der Waals surface area contributed by atoms with Crippen LogP contribution in [0, 0.1) is 0 Å². The molecule has 0 amide bonds. The topological polar surface area (TPSA) is 70.4 Å². The monoisotopic (exact) mass is 430 g/mol. The van der Waals surface area contributed by atoms with E-state index in [2.05, 4.69) is 20.5 Å². The largest absolute Gasteiger partial charge is 0.507 e. The zero-order chi connectivity index (χ0) is 20.5. The molecule has 0 unspecified atom stereocenters. The summed E-state index contributed by atoms with van der Waals surface area (Å²) in [6.07, 6.45) is 3.12. The van der Waals surface area contributed by atoms with E-state index >= 15 is 0 Å². The maximum absolute atomic E-state index is 10.3. The van der Waals surface area contributed by atoms with Gasteiger partial charge in [-0.25, -0.2) is 9.97 Å². The second kappa shape index (κ2) is 7.74. The van der Waals surface area contributed by atoms with Gasteiger partial charge in [-0.15, -0.1) is 11.3 Å². The number of hydrazone groups is 1. The van der Waals surface area contributed by atoms with Gasteiger partial charge in [0.25, 0.3) is 0 Å². The Bertz CT molecular complexity index is 1400. The maximum Gasteiger partial charge on any atom is 0.159 e. The lowest BCUT2D eigenvalue weighted by Crippen LogP contribution is -1.96. The number of phenols is 1. The molecule has 0 aliphatic rings. The Labute approximate surface area is 181 Å². The van der Waals surface area contributed by atoms with Gasteiger partial charge in [-0.2, -0.15) is 5.10 Å². The molecule has 0 aliphatic heterocycles. The van der Waals surface area contributed by atoms with Gasteiger partial charge in [0.2, 0.25) is 0 Å². The van der Waals surface area contributed by atoms with Gasteiger partial charge in [0.05, 0.1) is 11.6 Å². The molecular weight excluding hydrogens is 416 g/mol. The van der Waals surface area contributed by atoms with Crippen molar-refractivity contribution in [1.82, 2.24) is 9.97 Å². The van der Waals surface area contributed by atoms with E-state index in [9.17, 15) is 5.11 Å². The number of aromatic hydroxyl groups is 1. The molecule has 2 heterocycles. The van der Waals surface area contributed by atoms with Crippen LogP contribution < -0.4 is 5.43 Å². The van der Waals surface area contributed by atoms with E-state index < -0.39 is 0 Å². The van der Waals surface area contributed by atoms with Crippen LogP contribution in [0.2, 0.25) is 5.02 Å². The van der Waals surface area contributed by atoms with Crippen LogP contribution in [-0.2, 0) is 0 Å². The van der Waals surface area contributed by atoms with Crippen LogP contribution >= 0.6 is 22.9 Å². The van der Waals surface area contributed by atoms with Crippen molar-refractivity contribution >= 4 is 56.0 Å². The van der Waals surface area contributed by atoms with Crippen LogP contribution in [0.3, 0.4) is 0 Å². The highest BCUT2D eigenvalue weighted by atomic mass is 35.5. The number of nitrogens with one attached hydrogen (secondary N) is 1. The van der Waals surface area contributed by atoms with Crippen molar-refractivity contribution in [1.29, 1.82) is 0 Å². The molecule has 0 bridgehead atoms. The highest BCUT2D eigenvalue weighted by Gasteiger charge is 2.13. The highest BCUT2D eigenvalue weighted by molar-refractivity contribution is 7.17. The van der Waals surface area contributed by atoms with Gasteiger partial charge >= 0.3 is 0 Å². The van der Waals surface area contributed by atoms with Gasteiger partial charge in [-0.3, -0.25) is 5.43 Å². The van der Waals surface area contributed by atoms with E-state index in [-0.39, 0.29) is 5.75 Å². The van der Waals surface area contributed by atoms with E-state index in [1.165, 1.54) is 6.33 Å². The average Bonchev–Trinajstić information content (AvgIpc) is 3.21. The van der Waals surface area contributed by atoms with Gasteiger partial charge < -0.3 is 5.11 Å². The third-order valence-electron chi connectivity index (χ3n) is 4.84. The van der Waals surface area contributed by atoms with Crippen LogP contribution in [-0.4, -0.2) is 21.3 Å². The fourth-order valence-corrected chi connectivity index (χ4v) is 4.42. The van der Waals surface area contributed by atoms with Crippen molar-refractivity contribution in [3.05, 3.63) is 83.0 Å². The lowest BCUT2D eigenvalue weighted by molar-refractivity contribution is 0.475. The fourth-order valence-electron chi connectivity index (χ4n) is 3.38. The number of benzene rings is 3. The molecular formula is C23H15ClN4OS. The van der Waals surface area contributed by atoms with Crippen LogP contribution in [0.4, 0.5) is 5.82 Å². The second-order valence-electron chi connectivity index (χ2n) is 6.65. The number of rotatable bonds is 4. The number of halogens is 1. The minimum atomic E-state index is 0.171. The molecule has 5 aromatic rings. The molecule has 2 N–H and O–H groups in total. The van der Waals surface area contributed by atoms with Crippen LogP contribution in [0.25, 0.3) is 32.1 Å². The second-order valence-corrected chi connectivity index (χ2v) is 7.94. The SMILES string of the molecule is Oc1ccc2ccccc2c1/C=N/Nc1ncnc2scc(-c3ccc(Cl)cc3)c12. The van der Waals surface area contributed by atoms with Gasteiger partial charge in [0.1, 0.15) is 16.9 Å². The molecule has 5 nitrogen and oxygen atoms in total. The first-order valence-corrected chi connectivity index (χ1v) is 10.4. The summed E-state index contributed by atoms with van der Waals surface area (Å²) in [5.74, 6) is 0.770. The Hall–Kier alpha value is -3.48. The number of thiophene rings is 1. The van der Waals surface area contributed by atoms with E-state index in [1.807, 2.05) is 60.0 Å². The first-order valence-electron chi connectivity index (χ1n) is 9.18. The minimum absolute atomic E-state index is 0.171. The fraction of sp³-hybridized carbons (Fsp3) is 0. The molecule has 0 fully saturated rings. The van der Waals surface area contributed by atoms with E-state index in [0.717, 1.165) is 32.1 Å². The summed E-state index contributed by atoms with van der Waals surface area (Å²) < 4.78 is 0. The number of fused-ring (bicyclic) bond motifs is 2. The molecule has 0 saturated heterocycles. The number of anilines is 1. The summed E-state index contributed by atoms with van der Waals surface area (Å²) in [5.41, 5.74) is 5.71. The maximum atomic E-state index is 10.3. The molecule has 5 rings (SSSR count). The van der Waals surface area contributed by atoms with Crippen molar-refractivity contribution in [2.45, 2.75) is 0 Å². The zero-order valence-corrected chi connectivity index (χ0v) is 17.2. The van der Waals surface area contributed by atoms with Gasteiger partial charge in [0.15, 0.2) is 5.82 Å². The lowest BCUT2D eigenvalue weighted by atomic mass is 10.0.